The lowest BCUT2D eigenvalue weighted by Gasteiger charge is -2.34. The molecule has 7 heteroatoms. The molecular formula is C18H24N4O3. The zero-order valence-corrected chi connectivity index (χ0v) is 14.9. The van der Waals surface area contributed by atoms with Gasteiger partial charge in [0.15, 0.2) is 5.82 Å². The van der Waals surface area contributed by atoms with Crippen LogP contribution in [0.3, 0.4) is 0 Å². The van der Waals surface area contributed by atoms with Gasteiger partial charge in [0.25, 0.3) is 5.56 Å². The van der Waals surface area contributed by atoms with Gasteiger partial charge in [0, 0.05) is 62.5 Å². The molecule has 0 aliphatic carbocycles. The quantitative estimate of drug-likeness (QED) is 0.893. The number of rotatable bonds is 5. The number of nitrogens with zero attached hydrogens (tertiary/aromatic N) is 3. The summed E-state index contributed by atoms with van der Waals surface area (Å²) in [5.41, 5.74) is 0.878. The summed E-state index contributed by atoms with van der Waals surface area (Å²) < 4.78 is 12.2. The molecule has 1 atom stereocenters. The zero-order chi connectivity index (χ0) is 17.8. The fraction of sp³-hybridized carbons (Fsp3) is 0.444. The van der Waals surface area contributed by atoms with E-state index in [9.17, 15) is 4.79 Å². The maximum atomic E-state index is 12.3. The lowest BCUT2D eigenvalue weighted by Crippen LogP contribution is -2.45. The van der Waals surface area contributed by atoms with Crippen molar-refractivity contribution in [2.24, 2.45) is 7.05 Å². The number of benzene rings is 1. The average Bonchev–Trinajstić information content (AvgIpc) is 2.63. The van der Waals surface area contributed by atoms with E-state index in [1.54, 1.807) is 38.2 Å². The van der Waals surface area contributed by atoms with Gasteiger partial charge in [0.05, 0.1) is 14.2 Å². The van der Waals surface area contributed by atoms with Crippen LogP contribution < -0.4 is 25.2 Å². The third kappa shape index (κ3) is 3.87. The highest BCUT2D eigenvalue weighted by atomic mass is 16.5. The lowest BCUT2D eigenvalue weighted by molar-refractivity contribution is 0.394. The molecule has 7 nitrogen and oxygen atoms in total. The smallest absolute Gasteiger partial charge is 0.293 e. The molecule has 2 aromatic rings. The molecule has 0 spiro atoms. The van der Waals surface area contributed by atoms with Crippen LogP contribution in [-0.4, -0.2) is 42.9 Å². The molecule has 1 fully saturated rings. The summed E-state index contributed by atoms with van der Waals surface area (Å²) >= 11 is 0. The van der Waals surface area contributed by atoms with Crippen LogP contribution >= 0.6 is 0 Å². The summed E-state index contributed by atoms with van der Waals surface area (Å²) in [5.74, 6) is 2.00. The van der Waals surface area contributed by atoms with Gasteiger partial charge in [-0.15, -0.1) is 0 Å². The highest BCUT2D eigenvalue weighted by Gasteiger charge is 2.23. The van der Waals surface area contributed by atoms with Gasteiger partial charge in [-0.2, -0.15) is 0 Å². The molecule has 0 amide bonds. The van der Waals surface area contributed by atoms with E-state index in [-0.39, 0.29) is 11.6 Å². The van der Waals surface area contributed by atoms with Crippen LogP contribution in [0.1, 0.15) is 12.8 Å². The van der Waals surface area contributed by atoms with Gasteiger partial charge in [-0.25, -0.2) is 4.98 Å². The standard InChI is InChI=1S/C18H24N4O3/c1-21-8-6-19-17(18(21)23)22-7-4-5-13(12-22)20-14-9-15(24-2)11-16(10-14)25-3/h6,8-11,13,20H,4-5,7,12H2,1-3H3/t13-/m1/s1. The molecule has 0 radical (unpaired) electrons. The molecule has 0 saturated carbocycles. The molecular weight excluding hydrogens is 320 g/mol. The molecule has 25 heavy (non-hydrogen) atoms. The van der Waals surface area contributed by atoms with Gasteiger partial charge >= 0.3 is 0 Å². The van der Waals surface area contributed by atoms with Crippen LogP contribution in [0.4, 0.5) is 11.5 Å². The van der Waals surface area contributed by atoms with Crippen molar-refractivity contribution >= 4 is 11.5 Å². The minimum Gasteiger partial charge on any atom is -0.497 e. The second-order valence-electron chi connectivity index (χ2n) is 6.20. The van der Waals surface area contributed by atoms with E-state index in [4.69, 9.17) is 9.47 Å². The van der Waals surface area contributed by atoms with E-state index >= 15 is 0 Å². The summed E-state index contributed by atoms with van der Waals surface area (Å²) in [6.07, 6.45) is 5.37. The van der Waals surface area contributed by atoms with Gasteiger partial charge in [-0.3, -0.25) is 4.79 Å². The van der Waals surface area contributed by atoms with E-state index < -0.39 is 0 Å². The van der Waals surface area contributed by atoms with Crippen LogP contribution in [-0.2, 0) is 7.05 Å². The maximum Gasteiger partial charge on any atom is 0.293 e. The number of methoxy groups -OCH3 is 2. The number of ether oxygens (including phenoxy) is 2. The van der Waals surface area contributed by atoms with Crippen LogP contribution in [0.25, 0.3) is 0 Å². The van der Waals surface area contributed by atoms with E-state index in [1.807, 2.05) is 18.2 Å². The van der Waals surface area contributed by atoms with Crippen molar-refractivity contribution in [1.82, 2.24) is 9.55 Å². The Bertz CT molecular complexity index is 768. The monoisotopic (exact) mass is 344 g/mol. The fourth-order valence-corrected chi connectivity index (χ4v) is 3.12. The Morgan fingerprint density at radius 1 is 1.20 bits per heavy atom. The maximum absolute atomic E-state index is 12.3. The van der Waals surface area contributed by atoms with Gasteiger partial charge in [-0.1, -0.05) is 0 Å². The highest BCUT2D eigenvalue weighted by Crippen LogP contribution is 2.27. The van der Waals surface area contributed by atoms with E-state index in [0.29, 0.717) is 5.82 Å². The summed E-state index contributed by atoms with van der Waals surface area (Å²) in [4.78, 5) is 18.6. The normalized spacial score (nSPS) is 17.2. The number of hydrogen-bond donors (Lipinski definition) is 1. The van der Waals surface area contributed by atoms with E-state index in [2.05, 4.69) is 15.2 Å². The molecule has 1 saturated heterocycles. The minimum atomic E-state index is -0.0637. The van der Waals surface area contributed by atoms with E-state index in [1.165, 1.54) is 0 Å². The van der Waals surface area contributed by atoms with Crippen LogP contribution in [0.15, 0.2) is 35.4 Å². The second-order valence-corrected chi connectivity index (χ2v) is 6.20. The summed E-state index contributed by atoms with van der Waals surface area (Å²) in [5, 5.41) is 3.53. The lowest BCUT2D eigenvalue weighted by atomic mass is 10.1. The van der Waals surface area contributed by atoms with Gasteiger partial charge in [0.1, 0.15) is 11.5 Å². The number of hydrogen-bond acceptors (Lipinski definition) is 6. The molecule has 1 aromatic carbocycles. The second kappa shape index (κ2) is 7.46. The number of aromatic nitrogens is 2. The number of aryl methyl sites for hydroxylation is 1. The molecule has 0 bridgehead atoms. The Morgan fingerprint density at radius 3 is 2.60 bits per heavy atom. The highest BCUT2D eigenvalue weighted by molar-refractivity contribution is 5.54. The van der Waals surface area contributed by atoms with Gasteiger partial charge in [0.2, 0.25) is 0 Å². The van der Waals surface area contributed by atoms with Crippen molar-refractivity contribution in [2.45, 2.75) is 18.9 Å². The Labute approximate surface area is 147 Å². The first kappa shape index (κ1) is 17.1. The van der Waals surface area contributed by atoms with Crippen LogP contribution in [0.5, 0.6) is 11.5 Å². The van der Waals surface area contributed by atoms with Crippen molar-refractivity contribution in [1.29, 1.82) is 0 Å². The third-order valence-corrected chi connectivity index (χ3v) is 4.44. The molecule has 134 valence electrons. The Hall–Kier alpha value is -2.70. The molecule has 1 aliphatic rings. The SMILES string of the molecule is COc1cc(N[C@@H]2CCCN(c3nccn(C)c3=O)C2)cc(OC)c1. The summed E-state index contributed by atoms with van der Waals surface area (Å²) in [6, 6.07) is 5.95. The van der Waals surface area contributed by atoms with Crippen molar-refractivity contribution in [3.8, 4) is 11.5 Å². The minimum absolute atomic E-state index is 0.0637. The molecule has 1 aromatic heterocycles. The number of anilines is 2. The molecule has 2 heterocycles. The zero-order valence-electron chi connectivity index (χ0n) is 14.9. The van der Waals surface area contributed by atoms with Crippen molar-refractivity contribution in [3.05, 3.63) is 40.9 Å². The predicted octanol–water partition coefficient (Wildman–Crippen LogP) is 1.88. The topological polar surface area (TPSA) is 68.6 Å². The first-order valence-electron chi connectivity index (χ1n) is 8.37. The predicted molar refractivity (Wildman–Crippen MR) is 97.9 cm³/mol. The van der Waals surface area contributed by atoms with Crippen molar-refractivity contribution < 1.29 is 9.47 Å². The van der Waals surface area contributed by atoms with Gasteiger partial charge in [-0.05, 0) is 12.8 Å². The Morgan fingerprint density at radius 2 is 1.92 bits per heavy atom. The fourth-order valence-electron chi connectivity index (χ4n) is 3.12. The molecule has 0 unspecified atom stereocenters. The van der Waals surface area contributed by atoms with Crippen LogP contribution in [0, 0.1) is 0 Å². The van der Waals surface area contributed by atoms with Crippen molar-refractivity contribution in [2.75, 3.05) is 37.5 Å². The number of piperidine rings is 1. The van der Waals surface area contributed by atoms with Crippen LogP contribution in [0.2, 0.25) is 0 Å². The number of nitrogens with one attached hydrogen (secondary N) is 1. The Balaban J connectivity index is 1.76. The summed E-state index contributed by atoms with van der Waals surface area (Å²) in [6.45, 7) is 1.57. The molecule has 1 N–H and O–H groups in total. The first-order chi connectivity index (χ1) is 12.1. The average molecular weight is 344 g/mol. The van der Waals surface area contributed by atoms with E-state index in [0.717, 1.165) is 43.1 Å². The van der Waals surface area contributed by atoms with Gasteiger partial charge < -0.3 is 24.3 Å². The molecule has 3 rings (SSSR count). The van der Waals surface area contributed by atoms with Crippen molar-refractivity contribution in [3.63, 3.8) is 0 Å². The summed E-state index contributed by atoms with van der Waals surface area (Å²) in [7, 11) is 5.02. The third-order valence-electron chi connectivity index (χ3n) is 4.44. The molecule has 1 aliphatic heterocycles. The largest absolute Gasteiger partial charge is 0.497 e. The first-order valence-corrected chi connectivity index (χ1v) is 8.37. The Kier molecular flexibility index (Phi) is 5.11.